The van der Waals surface area contributed by atoms with E-state index in [-0.39, 0.29) is 11.5 Å². The van der Waals surface area contributed by atoms with Gasteiger partial charge in [0.2, 0.25) is 10.0 Å². The van der Waals surface area contributed by atoms with Crippen molar-refractivity contribution < 1.29 is 18.3 Å². The summed E-state index contributed by atoms with van der Waals surface area (Å²) in [5.74, 6) is -2.16. The van der Waals surface area contributed by atoms with Crippen LogP contribution in [-0.4, -0.2) is 31.3 Å². The van der Waals surface area contributed by atoms with Crippen molar-refractivity contribution in [2.24, 2.45) is 5.41 Å². The molecule has 1 fully saturated rings. The van der Waals surface area contributed by atoms with Gasteiger partial charge in [-0.15, -0.1) is 0 Å². The van der Waals surface area contributed by atoms with Gasteiger partial charge in [-0.05, 0) is 24.7 Å². The van der Waals surface area contributed by atoms with Crippen LogP contribution in [0.25, 0.3) is 0 Å². The molecule has 0 saturated heterocycles. The van der Waals surface area contributed by atoms with Crippen LogP contribution in [0.4, 0.5) is 0 Å². The van der Waals surface area contributed by atoms with Crippen molar-refractivity contribution in [3.05, 3.63) is 0 Å². The van der Waals surface area contributed by atoms with E-state index in [1.807, 2.05) is 0 Å². The molecule has 1 aliphatic rings. The van der Waals surface area contributed by atoms with Crippen LogP contribution in [-0.2, 0) is 14.8 Å². The monoisotopic (exact) mass is 249 g/mol. The van der Waals surface area contributed by atoms with Gasteiger partial charge in [-0.25, -0.2) is 13.1 Å². The Morgan fingerprint density at radius 1 is 1.50 bits per heavy atom. The highest BCUT2D eigenvalue weighted by Crippen LogP contribution is 2.35. The van der Waals surface area contributed by atoms with E-state index in [1.54, 1.807) is 0 Å². The van der Waals surface area contributed by atoms with E-state index in [2.05, 4.69) is 18.6 Å². The van der Waals surface area contributed by atoms with E-state index in [0.29, 0.717) is 0 Å². The first-order chi connectivity index (χ1) is 7.20. The van der Waals surface area contributed by atoms with E-state index in [1.165, 1.54) is 0 Å². The lowest BCUT2D eigenvalue weighted by atomic mass is 9.75. The summed E-state index contributed by atoms with van der Waals surface area (Å²) in [7, 11) is -3.68. The summed E-state index contributed by atoms with van der Waals surface area (Å²) >= 11 is 0. The zero-order valence-electron chi connectivity index (χ0n) is 9.69. The molecule has 0 amide bonds. The molecule has 1 aliphatic carbocycles. The van der Waals surface area contributed by atoms with Crippen molar-refractivity contribution in [2.75, 3.05) is 5.75 Å². The molecular formula is C10H19NO4S. The number of sulfonamides is 1. The fraction of sp³-hybridized carbons (Fsp3) is 0.900. The molecule has 94 valence electrons. The minimum atomic E-state index is -3.68. The summed E-state index contributed by atoms with van der Waals surface area (Å²) in [4.78, 5) is 10.4. The number of carbonyl (C=O) groups is 1. The van der Waals surface area contributed by atoms with Gasteiger partial charge in [-0.3, -0.25) is 4.79 Å². The second kappa shape index (κ2) is 4.71. The van der Waals surface area contributed by atoms with Crippen LogP contribution in [0, 0.1) is 5.41 Å². The minimum absolute atomic E-state index is 0.118. The third-order valence-electron chi connectivity index (χ3n) is 2.86. The number of carboxylic acids is 1. The van der Waals surface area contributed by atoms with Crippen molar-refractivity contribution in [2.45, 2.75) is 45.6 Å². The van der Waals surface area contributed by atoms with Crippen LogP contribution in [0.2, 0.25) is 0 Å². The van der Waals surface area contributed by atoms with Gasteiger partial charge in [0.25, 0.3) is 0 Å². The topological polar surface area (TPSA) is 83.5 Å². The Morgan fingerprint density at radius 2 is 2.12 bits per heavy atom. The summed E-state index contributed by atoms with van der Waals surface area (Å²) in [5, 5.41) is 8.46. The Bertz CT molecular complexity index is 361. The highest BCUT2D eigenvalue weighted by Gasteiger charge is 2.30. The van der Waals surface area contributed by atoms with Gasteiger partial charge in [-0.1, -0.05) is 20.3 Å². The van der Waals surface area contributed by atoms with Gasteiger partial charge in [-0.2, -0.15) is 0 Å². The lowest BCUT2D eigenvalue weighted by molar-refractivity contribution is -0.134. The highest BCUT2D eigenvalue weighted by atomic mass is 32.2. The lowest BCUT2D eigenvalue weighted by Gasteiger charge is -2.35. The van der Waals surface area contributed by atoms with Crippen molar-refractivity contribution in [3.63, 3.8) is 0 Å². The Kier molecular flexibility index (Phi) is 3.96. The Hall–Kier alpha value is -0.620. The summed E-state index contributed by atoms with van der Waals surface area (Å²) in [6.07, 6.45) is 3.63. The molecule has 2 N–H and O–H groups in total. The van der Waals surface area contributed by atoms with E-state index in [9.17, 15) is 13.2 Å². The van der Waals surface area contributed by atoms with Gasteiger partial charge in [0.15, 0.2) is 5.75 Å². The summed E-state index contributed by atoms with van der Waals surface area (Å²) in [5.41, 5.74) is 0.134. The molecule has 0 aliphatic heterocycles. The van der Waals surface area contributed by atoms with Crippen molar-refractivity contribution in [1.29, 1.82) is 0 Å². The fourth-order valence-corrected chi connectivity index (χ4v) is 3.37. The van der Waals surface area contributed by atoms with Gasteiger partial charge in [0.1, 0.15) is 0 Å². The molecule has 16 heavy (non-hydrogen) atoms. The van der Waals surface area contributed by atoms with Crippen LogP contribution in [0.5, 0.6) is 0 Å². The Morgan fingerprint density at radius 3 is 2.62 bits per heavy atom. The maximum atomic E-state index is 11.4. The quantitative estimate of drug-likeness (QED) is 0.777. The molecule has 1 unspecified atom stereocenters. The van der Waals surface area contributed by atoms with Gasteiger partial charge in [0.05, 0.1) is 0 Å². The molecule has 1 rings (SSSR count). The first-order valence-corrected chi connectivity index (χ1v) is 7.07. The molecule has 0 heterocycles. The lowest BCUT2D eigenvalue weighted by Crippen LogP contribution is -2.42. The van der Waals surface area contributed by atoms with E-state index in [4.69, 9.17) is 5.11 Å². The van der Waals surface area contributed by atoms with E-state index >= 15 is 0 Å². The maximum Gasteiger partial charge on any atom is 0.320 e. The van der Waals surface area contributed by atoms with Crippen LogP contribution in [0.3, 0.4) is 0 Å². The molecular weight excluding hydrogens is 230 g/mol. The fourth-order valence-electron chi connectivity index (χ4n) is 2.26. The molecule has 0 spiro atoms. The normalized spacial score (nSPS) is 25.2. The van der Waals surface area contributed by atoms with E-state index < -0.39 is 21.7 Å². The van der Waals surface area contributed by atoms with Crippen LogP contribution in [0.1, 0.15) is 39.5 Å². The molecule has 0 bridgehead atoms. The third kappa shape index (κ3) is 4.49. The van der Waals surface area contributed by atoms with E-state index in [0.717, 1.165) is 25.7 Å². The number of aliphatic carboxylic acids is 1. The van der Waals surface area contributed by atoms with Crippen molar-refractivity contribution >= 4 is 16.0 Å². The maximum absolute atomic E-state index is 11.4. The van der Waals surface area contributed by atoms with Crippen LogP contribution in [0.15, 0.2) is 0 Å². The van der Waals surface area contributed by atoms with Gasteiger partial charge >= 0.3 is 5.97 Å². The molecule has 6 heteroatoms. The number of rotatable bonds is 4. The Labute approximate surface area is 96.3 Å². The first kappa shape index (κ1) is 13.4. The van der Waals surface area contributed by atoms with Crippen LogP contribution >= 0.6 is 0 Å². The second-order valence-corrected chi connectivity index (χ2v) is 6.98. The molecule has 0 aromatic heterocycles. The average Bonchev–Trinajstić information content (AvgIpc) is 1.96. The summed E-state index contributed by atoms with van der Waals surface area (Å²) in [6, 6.07) is -0.118. The largest absolute Gasteiger partial charge is 0.480 e. The molecule has 1 saturated carbocycles. The van der Waals surface area contributed by atoms with Gasteiger partial charge in [0, 0.05) is 6.04 Å². The zero-order chi connectivity index (χ0) is 12.4. The Balaban J connectivity index is 2.57. The van der Waals surface area contributed by atoms with Crippen molar-refractivity contribution in [3.8, 4) is 0 Å². The predicted octanol–water partition coefficient (Wildman–Crippen LogP) is 0.959. The molecule has 5 nitrogen and oxygen atoms in total. The average molecular weight is 249 g/mol. The molecule has 0 radical (unpaired) electrons. The SMILES string of the molecule is CC1(C)CCCC(NS(=O)(=O)CC(=O)O)C1. The number of hydrogen-bond acceptors (Lipinski definition) is 3. The summed E-state index contributed by atoms with van der Waals surface area (Å²) < 4.78 is 25.3. The number of nitrogens with one attached hydrogen (secondary N) is 1. The first-order valence-electron chi connectivity index (χ1n) is 5.42. The standard InChI is InChI=1S/C10H19NO4S/c1-10(2)5-3-4-8(6-10)11-16(14,15)7-9(12)13/h8,11H,3-7H2,1-2H3,(H,12,13). The van der Waals surface area contributed by atoms with Crippen LogP contribution < -0.4 is 4.72 Å². The number of carboxylic acid groups (broad SMARTS) is 1. The highest BCUT2D eigenvalue weighted by molar-refractivity contribution is 7.90. The molecule has 0 aromatic rings. The third-order valence-corrected chi connectivity index (χ3v) is 4.18. The van der Waals surface area contributed by atoms with Crippen molar-refractivity contribution in [1.82, 2.24) is 4.72 Å². The summed E-state index contributed by atoms with van der Waals surface area (Å²) in [6.45, 7) is 4.20. The zero-order valence-corrected chi connectivity index (χ0v) is 10.5. The second-order valence-electron chi connectivity index (χ2n) is 5.23. The molecule has 1 atom stereocenters. The number of hydrogen-bond donors (Lipinski definition) is 2. The van der Waals surface area contributed by atoms with Gasteiger partial charge < -0.3 is 5.11 Å². The smallest absolute Gasteiger partial charge is 0.320 e. The minimum Gasteiger partial charge on any atom is -0.480 e. The molecule has 0 aromatic carbocycles. The predicted molar refractivity (Wildman–Crippen MR) is 60.6 cm³/mol.